The van der Waals surface area contributed by atoms with Crippen molar-refractivity contribution in [3.8, 4) is 0 Å². The van der Waals surface area contributed by atoms with Gasteiger partial charge in [-0.25, -0.2) is 8.42 Å². The molecule has 0 radical (unpaired) electrons. The topological polar surface area (TPSA) is 117 Å². The molecule has 0 saturated carbocycles. The summed E-state index contributed by atoms with van der Waals surface area (Å²) in [6.45, 7) is 2.27. The molecule has 2 aromatic rings. The third kappa shape index (κ3) is 1.92. The first-order valence-corrected chi connectivity index (χ1v) is 7.49. The number of aromatic nitrogens is 5. The van der Waals surface area contributed by atoms with Crippen LogP contribution in [0, 0.1) is 6.92 Å². The Morgan fingerprint density at radius 1 is 1.45 bits per heavy atom. The van der Waals surface area contributed by atoms with Crippen molar-refractivity contribution in [2.45, 2.75) is 31.6 Å². The van der Waals surface area contributed by atoms with E-state index in [0.29, 0.717) is 30.2 Å². The second kappa shape index (κ2) is 4.65. The Hall–Kier alpha value is -1.78. The van der Waals surface area contributed by atoms with E-state index in [2.05, 4.69) is 20.4 Å². The van der Waals surface area contributed by atoms with Gasteiger partial charge in [-0.3, -0.25) is 5.10 Å². The van der Waals surface area contributed by atoms with Crippen LogP contribution in [0.25, 0.3) is 0 Å². The minimum Gasteiger partial charge on any atom is -0.392 e. The number of aromatic amines is 1. The molecule has 108 valence electrons. The molecular formula is C10H14N6O3S. The molecule has 0 fully saturated rings. The third-order valence-corrected chi connectivity index (χ3v) is 5.20. The molecule has 0 aliphatic carbocycles. The highest BCUT2D eigenvalue weighted by Crippen LogP contribution is 2.23. The number of aryl methyl sites for hydroxylation is 1. The largest absolute Gasteiger partial charge is 0.392 e. The molecule has 1 aliphatic heterocycles. The zero-order valence-corrected chi connectivity index (χ0v) is 11.6. The summed E-state index contributed by atoms with van der Waals surface area (Å²) < 4.78 is 28.3. The summed E-state index contributed by atoms with van der Waals surface area (Å²) in [5, 5.41) is 23.3. The van der Waals surface area contributed by atoms with Gasteiger partial charge >= 0.3 is 0 Å². The summed E-state index contributed by atoms with van der Waals surface area (Å²) in [7, 11) is -3.75. The number of hydrogen-bond acceptors (Lipinski definition) is 6. The van der Waals surface area contributed by atoms with Gasteiger partial charge in [0.1, 0.15) is 12.2 Å². The summed E-state index contributed by atoms with van der Waals surface area (Å²) in [4.78, 5) is 0. The van der Waals surface area contributed by atoms with Gasteiger partial charge in [0.15, 0.2) is 5.03 Å². The first kappa shape index (κ1) is 13.2. The fourth-order valence-electron chi connectivity index (χ4n) is 2.20. The second-order valence-corrected chi connectivity index (χ2v) is 6.42. The molecule has 2 aromatic heterocycles. The van der Waals surface area contributed by atoms with Gasteiger partial charge < -0.3 is 9.67 Å². The standard InChI is InChI=1S/C10H14N6O3S/c1-7-8(5-17)10(14-12-7)20(18,19)16-3-2-15-6-11-13-9(15)4-16/h6,17H,2-5H2,1H3,(H,12,14). The van der Waals surface area contributed by atoms with E-state index in [0.717, 1.165) is 0 Å². The van der Waals surface area contributed by atoms with Crippen molar-refractivity contribution in [3.63, 3.8) is 0 Å². The Kier molecular flexibility index (Phi) is 3.07. The highest BCUT2D eigenvalue weighted by atomic mass is 32.2. The summed E-state index contributed by atoms with van der Waals surface area (Å²) in [6.07, 6.45) is 1.58. The fraction of sp³-hybridized carbons (Fsp3) is 0.500. The molecule has 0 saturated heterocycles. The lowest BCUT2D eigenvalue weighted by Crippen LogP contribution is -2.38. The minimum absolute atomic E-state index is 0.120. The van der Waals surface area contributed by atoms with Crippen LogP contribution in [0.5, 0.6) is 0 Å². The van der Waals surface area contributed by atoms with Gasteiger partial charge in [0, 0.05) is 24.3 Å². The minimum atomic E-state index is -3.75. The Bertz CT molecular complexity index is 734. The van der Waals surface area contributed by atoms with Gasteiger partial charge in [-0.15, -0.1) is 10.2 Å². The van der Waals surface area contributed by atoms with Crippen molar-refractivity contribution in [3.05, 3.63) is 23.4 Å². The molecule has 0 aromatic carbocycles. The first-order chi connectivity index (χ1) is 9.54. The number of sulfonamides is 1. The molecule has 0 amide bonds. The number of aliphatic hydroxyl groups excluding tert-OH is 1. The van der Waals surface area contributed by atoms with Crippen molar-refractivity contribution < 1.29 is 13.5 Å². The SMILES string of the molecule is Cc1[nH]nc(S(=O)(=O)N2CCn3cnnc3C2)c1CO. The molecule has 0 spiro atoms. The van der Waals surface area contributed by atoms with Crippen LogP contribution in [-0.4, -0.2) is 49.3 Å². The van der Waals surface area contributed by atoms with Crippen LogP contribution in [0.4, 0.5) is 0 Å². The zero-order chi connectivity index (χ0) is 14.3. The maximum atomic E-state index is 12.6. The number of rotatable bonds is 3. The number of aliphatic hydroxyl groups is 1. The number of nitrogens with one attached hydrogen (secondary N) is 1. The lowest BCUT2D eigenvalue weighted by atomic mass is 10.3. The predicted molar refractivity (Wildman–Crippen MR) is 66.9 cm³/mol. The van der Waals surface area contributed by atoms with Crippen LogP contribution in [0.2, 0.25) is 0 Å². The Morgan fingerprint density at radius 2 is 2.25 bits per heavy atom. The molecule has 1 aliphatic rings. The van der Waals surface area contributed by atoms with Gasteiger partial charge in [0.05, 0.1) is 13.2 Å². The molecule has 9 nitrogen and oxygen atoms in total. The van der Waals surface area contributed by atoms with Crippen molar-refractivity contribution in [2.24, 2.45) is 0 Å². The Balaban J connectivity index is 1.97. The van der Waals surface area contributed by atoms with Crippen molar-refractivity contribution in [2.75, 3.05) is 6.54 Å². The van der Waals surface area contributed by atoms with Gasteiger partial charge in [0.2, 0.25) is 0 Å². The molecule has 0 unspecified atom stereocenters. The van der Waals surface area contributed by atoms with Crippen molar-refractivity contribution in [1.82, 2.24) is 29.3 Å². The first-order valence-electron chi connectivity index (χ1n) is 6.05. The second-order valence-electron chi connectivity index (χ2n) is 4.57. The summed E-state index contributed by atoms with van der Waals surface area (Å²) in [6, 6.07) is 0. The maximum absolute atomic E-state index is 12.6. The van der Waals surface area contributed by atoms with Crippen LogP contribution >= 0.6 is 0 Å². The van der Waals surface area contributed by atoms with E-state index in [4.69, 9.17) is 0 Å². The van der Waals surface area contributed by atoms with Crippen LogP contribution in [0.3, 0.4) is 0 Å². The highest BCUT2D eigenvalue weighted by molar-refractivity contribution is 7.89. The van der Waals surface area contributed by atoms with E-state index in [1.54, 1.807) is 13.3 Å². The average Bonchev–Trinajstić information content (AvgIpc) is 3.03. The third-order valence-electron chi connectivity index (χ3n) is 3.38. The quantitative estimate of drug-likeness (QED) is 0.751. The van der Waals surface area contributed by atoms with Crippen LogP contribution in [0.1, 0.15) is 17.1 Å². The molecule has 10 heteroatoms. The Labute approximate surface area is 115 Å². The molecular weight excluding hydrogens is 284 g/mol. The van der Waals surface area contributed by atoms with Gasteiger partial charge in [-0.05, 0) is 6.92 Å². The van der Waals surface area contributed by atoms with E-state index in [1.165, 1.54) is 4.31 Å². The van der Waals surface area contributed by atoms with E-state index in [1.807, 2.05) is 4.57 Å². The molecule has 0 atom stereocenters. The average molecular weight is 298 g/mol. The number of nitrogens with zero attached hydrogens (tertiary/aromatic N) is 5. The molecule has 0 bridgehead atoms. The van der Waals surface area contributed by atoms with E-state index >= 15 is 0 Å². The van der Waals surface area contributed by atoms with E-state index in [9.17, 15) is 13.5 Å². The summed E-state index contributed by atoms with van der Waals surface area (Å²) in [5.74, 6) is 0.595. The highest BCUT2D eigenvalue weighted by Gasteiger charge is 2.33. The summed E-state index contributed by atoms with van der Waals surface area (Å²) in [5.41, 5.74) is 0.850. The molecule has 20 heavy (non-hydrogen) atoms. The lowest BCUT2D eigenvalue weighted by Gasteiger charge is -2.25. The van der Waals surface area contributed by atoms with Crippen LogP contribution in [0.15, 0.2) is 11.4 Å². The number of fused-ring (bicyclic) bond motifs is 1. The van der Waals surface area contributed by atoms with E-state index < -0.39 is 10.0 Å². The van der Waals surface area contributed by atoms with Gasteiger partial charge in [-0.1, -0.05) is 0 Å². The smallest absolute Gasteiger partial charge is 0.263 e. The summed E-state index contributed by atoms with van der Waals surface area (Å²) >= 11 is 0. The number of H-pyrrole nitrogens is 1. The van der Waals surface area contributed by atoms with Gasteiger partial charge in [-0.2, -0.15) is 9.40 Å². The maximum Gasteiger partial charge on any atom is 0.263 e. The van der Waals surface area contributed by atoms with Crippen molar-refractivity contribution >= 4 is 10.0 Å². The zero-order valence-electron chi connectivity index (χ0n) is 10.8. The fourth-order valence-corrected chi connectivity index (χ4v) is 3.74. The number of hydrogen-bond donors (Lipinski definition) is 2. The van der Waals surface area contributed by atoms with Crippen LogP contribution < -0.4 is 0 Å². The monoisotopic (exact) mass is 298 g/mol. The molecule has 2 N–H and O–H groups in total. The van der Waals surface area contributed by atoms with E-state index in [-0.39, 0.29) is 18.2 Å². The van der Waals surface area contributed by atoms with Crippen molar-refractivity contribution in [1.29, 1.82) is 0 Å². The normalized spacial score (nSPS) is 16.3. The molecule has 3 heterocycles. The Morgan fingerprint density at radius 3 is 3.00 bits per heavy atom. The lowest BCUT2D eigenvalue weighted by molar-refractivity contribution is 0.276. The predicted octanol–water partition coefficient (Wildman–Crippen LogP) is -0.994. The molecule has 3 rings (SSSR count). The van der Waals surface area contributed by atoms with Crippen LogP contribution in [-0.2, 0) is 29.7 Å². The van der Waals surface area contributed by atoms with Gasteiger partial charge in [0.25, 0.3) is 10.0 Å².